The van der Waals surface area contributed by atoms with Crippen LogP contribution in [0.3, 0.4) is 0 Å². The molecule has 0 unspecified atom stereocenters. The number of halogens is 1. The molecule has 112 valence electrons. The lowest BCUT2D eigenvalue weighted by Gasteiger charge is -2.20. The number of non-ortho nitro benzene ring substituents is 1. The molecule has 0 aliphatic heterocycles. The Kier molecular flexibility index (Phi) is 7.24. The van der Waals surface area contributed by atoms with Gasteiger partial charge in [-0.25, -0.2) is 0 Å². The fraction of sp³-hybridized carbons (Fsp3) is 0.500. The zero-order chi connectivity index (χ0) is 15.0. The standard InChI is InChI=1S/C12H17ClN2O5/c13-11-2-1-10(15(18)19)9-12(11)20-8-5-14(3-6-16)4-7-17/h1-2,9,16-17H,3-8H2. The molecule has 0 bridgehead atoms. The Morgan fingerprint density at radius 3 is 2.45 bits per heavy atom. The number of hydrogen-bond donors (Lipinski definition) is 2. The van der Waals surface area contributed by atoms with Gasteiger partial charge in [0.1, 0.15) is 12.4 Å². The molecule has 0 fully saturated rings. The molecule has 0 aliphatic carbocycles. The quantitative estimate of drug-likeness (QED) is 0.520. The second-order valence-corrected chi connectivity index (χ2v) is 4.42. The van der Waals surface area contributed by atoms with Gasteiger partial charge in [-0.3, -0.25) is 15.0 Å². The van der Waals surface area contributed by atoms with Gasteiger partial charge < -0.3 is 14.9 Å². The van der Waals surface area contributed by atoms with E-state index in [1.54, 1.807) is 0 Å². The number of aliphatic hydroxyl groups excluding tert-OH is 2. The highest BCUT2D eigenvalue weighted by Crippen LogP contribution is 2.28. The molecule has 7 nitrogen and oxygen atoms in total. The number of rotatable bonds is 9. The number of hydrogen-bond acceptors (Lipinski definition) is 6. The first-order valence-corrected chi connectivity index (χ1v) is 6.47. The van der Waals surface area contributed by atoms with Gasteiger partial charge in [-0.15, -0.1) is 0 Å². The third kappa shape index (κ3) is 5.30. The first-order chi connectivity index (χ1) is 9.58. The Morgan fingerprint density at radius 1 is 1.25 bits per heavy atom. The molecule has 8 heteroatoms. The summed E-state index contributed by atoms with van der Waals surface area (Å²) in [6.45, 7) is 1.54. The minimum atomic E-state index is -0.521. The van der Waals surface area contributed by atoms with Gasteiger partial charge in [0.05, 0.1) is 29.2 Å². The molecule has 0 amide bonds. The monoisotopic (exact) mass is 304 g/mol. The molecule has 1 rings (SSSR count). The Morgan fingerprint density at radius 2 is 1.90 bits per heavy atom. The fourth-order valence-corrected chi connectivity index (χ4v) is 1.79. The van der Waals surface area contributed by atoms with E-state index in [0.29, 0.717) is 24.7 Å². The highest BCUT2D eigenvalue weighted by molar-refractivity contribution is 6.32. The number of aliphatic hydroxyl groups is 2. The van der Waals surface area contributed by atoms with Crippen LogP contribution >= 0.6 is 11.6 Å². The van der Waals surface area contributed by atoms with E-state index in [4.69, 9.17) is 26.6 Å². The van der Waals surface area contributed by atoms with E-state index in [2.05, 4.69) is 0 Å². The van der Waals surface area contributed by atoms with E-state index in [1.807, 2.05) is 4.90 Å². The van der Waals surface area contributed by atoms with Crippen LogP contribution in [0.15, 0.2) is 18.2 Å². The van der Waals surface area contributed by atoms with Crippen molar-refractivity contribution in [3.63, 3.8) is 0 Å². The second-order valence-electron chi connectivity index (χ2n) is 4.01. The topological polar surface area (TPSA) is 96.1 Å². The molecule has 0 aliphatic rings. The van der Waals surface area contributed by atoms with Crippen molar-refractivity contribution in [1.29, 1.82) is 0 Å². The molecule has 2 N–H and O–H groups in total. The third-order valence-corrected chi connectivity index (χ3v) is 2.94. The Bertz CT molecular complexity index is 438. The summed E-state index contributed by atoms with van der Waals surface area (Å²) in [7, 11) is 0. The number of nitro benzene ring substituents is 1. The molecule has 0 atom stereocenters. The minimum Gasteiger partial charge on any atom is -0.490 e. The average Bonchev–Trinajstić information content (AvgIpc) is 2.41. The first-order valence-electron chi connectivity index (χ1n) is 6.09. The summed E-state index contributed by atoms with van der Waals surface area (Å²) in [5.74, 6) is 0.244. The molecule has 0 spiro atoms. The van der Waals surface area contributed by atoms with E-state index < -0.39 is 4.92 Å². The number of nitro groups is 1. The van der Waals surface area contributed by atoms with Crippen LogP contribution < -0.4 is 4.74 Å². The molecule has 0 heterocycles. The van der Waals surface area contributed by atoms with Crippen LogP contribution in [-0.2, 0) is 0 Å². The van der Waals surface area contributed by atoms with Crippen molar-refractivity contribution in [2.24, 2.45) is 0 Å². The number of nitrogens with zero attached hydrogens (tertiary/aromatic N) is 2. The molecule has 0 radical (unpaired) electrons. The van der Waals surface area contributed by atoms with Gasteiger partial charge in [-0.1, -0.05) is 11.6 Å². The molecular weight excluding hydrogens is 288 g/mol. The maximum atomic E-state index is 10.7. The minimum absolute atomic E-state index is 0.0163. The smallest absolute Gasteiger partial charge is 0.273 e. The van der Waals surface area contributed by atoms with Crippen molar-refractivity contribution in [2.75, 3.05) is 39.5 Å². The van der Waals surface area contributed by atoms with Gasteiger partial charge in [-0.2, -0.15) is 0 Å². The Labute approximate surface area is 121 Å². The van der Waals surface area contributed by atoms with Gasteiger partial charge in [0.25, 0.3) is 5.69 Å². The van der Waals surface area contributed by atoms with Crippen molar-refractivity contribution in [2.45, 2.75) is 0 Å². The lowest BCUT2D eigenvalue weighted by Crippen LogP contribution is -2.33. The fourth-order valence-electron chi connectivity index (χ4n) is 1.62. The van der Waals surface area contributed by atoms with E-state index in [0.717, 1.165) is 0 Å². The van der Waals surface area contributed by atoms with Gasteiger partial charge in [0, 0.05) is 25.7 Å². The van der Waals surface area contributed by atoms with Crippen molar-refractivity contribution in [1.82, 2.24) is 4.90 Å². The van der Waals surface area contributed by atoms with Crippen LogP contribution in [0.5, 0.6) is 5.75 Å². The lowest BCUT2D eigenvalue weighted by atomic mass is 10.3. The van der Waals surface area contributed by atoms with E-state index in [-0.39, 0.29) is 31.3 Å². The Balaban J connectivity index is 2.56. The zero-order valence-electron chi connectivity index (χ0n) is 10.9. The third-order valence-electron chi connectivity index (χ3n) is 2.62. The van der Waals surface area contributed by atoms with Crippen molar-refractivity contribution in [3.8, 4) is 5.75 Å². The molecule has 1 aromatic rings. The summed E-state index contributed by atoms with van der Waals surface area (Å²) in [6, 6.07) is 3.98. The molecular formula is C12H17ClN2O5. The molecule has 1 aromatic carbocycles. The zero-order valence-corrected chi connectivity index (χ0v) is 11.6. The number of ether oxygens (including phenoxy) is 1. The highest BCUT2D eigenvalue weighted by atomic mass is 35.5. The summed E-state index contributed by atoms with van der Waals surface area (Å²) >= 11 is 5.90. The van der Waals surface area contributed by atoms with Crippen LogP contribution in [-0.4, -0.2) is 59.5 Å². The lowest BCUT2D eigenvalue weighted by molar-refractivity contribution is -0.384. The normalized spacial score (nSPS) is 10.8. The van der Waals surface area contributed by atoms with Crippen LogP contribution in [0.2, 0.25) is 5.02 Å². The van der Waals surface area contributed by atoms with Crippen LogP contribution in [0, 0.1) is 10.1 Å². The first kappa shape index (κ1) is 16.6. The second kappa shape index (κ2) is 8.70. The van der Waals surface area contributed by atoms with Crippen LogP contribution in [0.4, 0.5) is 5.69 Å². The maximum absolute atomic E-state index is 10.7. The predicted molar refractivity (Wildman–Crippen MR) is 74.2 cm³/mol. The van der Waals surface area contributed by atoms with E-state index >= 15 is 0 Å². The van der Waals surface area contributed by atoms with E-state index in [9.17, 15) is 10.1 Å². The largest absolute Gasteiger partial charge is 0.490 e. The van der Waals surface area contributed by atoms with Crippen LogP contribution in [0.1, 0.15) is 0 Å². The van der Waals surface area contributed by atoms with Gasteiger partial charge in [-0.05, 0) is 6.07 Å². The molecule has 20 heavy (non-hydrogen) atoms. The van der Waals surface area contributed by atoms with Gasteiger partial charge in [0.15, 0.2) is 0 Å². The maximum Gasteiger partial charge on any atom is 0.273 e. The summed E-state index contributed by atoms with van der Waals surface area (Å²) in [5.41, 5.74) is -0.0908. The summed E-state index contributed by atoms with van der Waals surface area (Å²) in [4.78, 5) is 11.9. The Hall–Kier alpha value is -1.41. The predicted octanol–water partition coefficient (Wildman–Crippen LogP) is 0.914. The molecule has 0 aromatic heterocycles. The van der Waals surface area contributed by atoms with Gasteiger partial charge in [0.2, 0.25) is 0 Å². The van der Waals surface area contributed by atoms with Crippen LogP contribution in [0.25, 0.3) is 0 Å². The summed E-state index contributed by atoms with van der Waals surface area (Å²) in [6.07, 6.45) is 0. The molecule has 0 saturated carbocycles. The SMILES string of the molecule is O=[N+]([O-])c1ccc(Cl)c(OCCN(CCO)CCO)c1. The summed E-state index contributed by atoms with van der Waals surface area (Å²) in [5, 5.41) is 28.7. The molecule has 0 saturated heterocycles. The van der Waals surface area contributed by atoms with Gasteiger partial charge >= 0.3 is 0 Å². The van der Waals surface area contributed by atoms with E-state index in [1.165, 1.54) is 18.2 Å². The summed E-state index contributed by atoms with van der Waals surface area (Å²) < 4.78 is 5.41. The average molecular weight is 305 g/mol. The van der Waals surface area contributed by atoms with Crippen molar-refractivity contribution >= 4 is 17.3 Å². The number of benzene rings is 1. The van der Waals surface area contributed by atoms with Crippen molar-refractivity contribution in [3.05, 3.63) is 33.3 Å². The van der Waals surface area contributed by atoms with Crippen molar-refractivity contribution < 1.29 is 19.9 Å². The highest BCUT2D eigenvalue weighted by Gasteiger charge is 2.11.